The average Bonchev–Trinajstić information content (AvgIpc) is 3.01. The van der Waals surface area contributed by atoms with Crippen molar-refractivity contribution in [2.75, 3.05) is 0 Å². The molecule has 2 N–H and O–H groups in total. The Hall–Kier alpha value is -0.900. The van der Waals surface area contributed by atoms with Crippen LogP contribution in [0.4, 0.5) is 0 Å². The summed E-state index contributed by atoms with van der Waals surface area (Å²) in [6.45, 7) is 6.39. The van der Waals surface area contributed by atoms with Crippen LogP contribution in [0, 0.1) is 45.3 Å². The lowest BCUT2D eigenvalue weighted by atomic mass is 9.39. The quantitative estimate of drug-likeness (QED) is 0.774. The van der Waals surface area contributed by atoms with Crippen molar-refractivity contribution in [1.82, 2.24) is 0 Å². The standard InChI is InChI=1S/C20H28O4/c1-17(2)13-4-5-19-7-11-10(20(11,9-19)16(23)24)6-14(19)18(13,3)8-12(21)15(17)22/h10-11,13-15,22H,4-9H2,1-3H3,(H,23,24)/t10-,11+,13+,14+,15-,18+,19+,20+/m0/s1. The number of hydrogen-bond acceptors (Lipinski definition) is 3. The summed E-state index contributed by atoms with van der Waals surface area (Å²) in [6, 6.07) is 0. The Morgan fingerprint density at radius 2 is 1.88 bits per heavy atom. The molecule has 0 radical (unpaired) electrons. The maximum absolute atomic E-state index is 12.6. The summed E-state index contributed by atoms with van der Waals surface area (Å²) in [6.07, 6.45) is 4.64. The van der Waals surface area contributed by atoms with Gasteiger partial charge in [-0.25, -0.2) is 0 Å². The molecular formula is C20H28O4. The Morgan fingerprint density at radius 3 is 2.50 bits per heavy atom. The van der Waals surface area contributed by atoms with Gasteiger partial charge >= 0.3 is 5.97 Å². The molecule has 4 nitrogen and oxygen atoms in total. The van der Waals surface area contributed by atoms with Gasteiger partial charge in [0.1, 0.15) is 6.10 Å². The van der Waals surface area contributed by atoms with Crippen LogP contribution in [0.2, 0.25) is 0 Å². The van der Waals surface area contributed by atoms with Gasteiger partial charge in [0.2, 0.25) is 0 Å². The van der Waals surface area contributed by atoms with E-state index in [-0.39, 0.29) is 22.0 Å². The van der Waals surface area contributed by atoms with E-state index in [1.165, 1.54) is 0 Å². The third-order valence-electron chi connectivity index (χ3n) is 9.58. The second-order valence-electron chi connectivity index (χ2n) is 10.6. The van der Waals surface area contributed by atoms with Crippen LogP contribution >= 0.6 is 0 Å². The summed E-state index contributed by atoms with van der Waals surface area (Å²) in [4.78, 5) is 24.5. The molecule has 6 fully saturated rings. The van der Waals surface area contributed by atoms with E-state index in [4.69, 9.17) is 0 Å². The number of hydrogen-bond donors (Lipinski definition) is 2. The van der Waals surface area contributed by atoms with Gasteiger partial charge in [-0.1, -0.05) is 20.8 Å². The molecule has 0 unspecified atom stereocenters. The number of rotatable bonds is 1. The Kier molecular flexibility index (Phi) is 2.51. The van der Waals surface area contributed by atoms with Crippen LogP contribution in [0.15, 0.2) is 0 Å². The monoisotopic (exact) mass is 332 g/mol. The molecule has 0 aromatic rings. The molecule has 8 atom stereocenters. The number of carboxylic acid groups (broad SMARTS) is 1. The van der Waals surface area contributed by atoms with E-state index in [0.29, 0.717) is 30.1 Å². The van der Waals surface area contributed by atoms with E-state index in [1.54, 1.807) is 0 Å². The van der Waals surface area contributed by atoms with Crippen molar-refractivity contribution in [3.8, 4) is 0 Å². The van der Waals surface area contributed by atoms with Crippen LogP contribution in [-0.4, -0.2) is 28.1 Å². The van der Waals surface area contributed by atoms with Crippen molar-refractivity contribution in [2.45, 2.75) is 65.4 Å². The smallest absolute Gasteiger partial charge is 0.310 e. The molecule has 1 spiro atoms. The molecule has 0 aliphatic heterocycles. The number of carbonyl (C=O) groups is 2. The first-order valence-electron chi connectivity index (χ1n) is 9.54. The van der Waals surface area contributed by atoms with E-state index in [2.05, 4.69) is 20.8 Å². The number of Topliss-reactive ketones (excluding diaryl/α,β-unsaturated/α-hetero) is 1. The van der Waals surface area contributed by atoms with Crippen molar-refractivity contribution >= 4 is 11.8 Å². The molecule has 132 valence electrons. The van der Waals surface area contributed by atoms with Gasteiger partial charge in [-0.15, -0.1) is 0 Å². The van der Waals surface area contributed by atoms with E-state index in [0.717, 1.165) is 32.1 Å². The SMILES string of the molecule is CC1(C)[C@H]2CC[C@]34C[C@@H]5[C@H](C[C@@H]3[C@]2(C)CC(=O)[C@@H]1O)[C@]5(C(=O)O)C4. The molecule has 24 heavy (non-hydrogen) atoms. The third-order valence-corrected chi connectivity index (χ3v) is 9.58. The zero-order valence-corrected chi connectivity index (χ0v) is 14.8. The summed E-state index contributed by atoms with van der Waals surface area (Å²) in [7, 11) is 0. The summed E-state index contributed by atoms with van der Waals surface area (Å²) >= 11 is 0. The highest BCUT2D eigenvalue weighted by molar-refractivity contribution is 5.86. The van der Waals surface area contributed by atoms with Gasteiger partial charge in [0.15, 0.2) is 5.78 Å². The highest BCUT2D eigenvalue weighted by Crippen LogP contribution is 2.85. The predicted octanol–water partition coefficient (Wildman–Crippen LogP) is 2.88. The minimum absolute atomic E-state index is 0.00228. The fraction of sp³-hybridized carbons (Fsp3) is 0.900. The molecule has 4 bridgehead atoms. The Labute approximate surface area is 143 Å². The summed E-state index contributed by atoms with van der Waals surface area (Å²) in [5.74, 6) is 0.957. The van der Waals surface area contributed by atoms with Crippen molar-refractivity contribution in [3.63, 3.8) is 0 Å². The van der Waals surface area contributed by atoms with Crippen LogP contribution in [0.3, 0.4) is 0 Å². The number of ketones is 1. The van der Waals surface area contributed by atoms with Gasteiger partial charge in [0.05, 0.1) is 5.41 Å². The van der Waals surface area contributed by atoms with Crippen LogP contribution in [0.1, 0.15) is 59.3 Å². The number of fused-ring (bicyclic) bond motifs is 1. The van der Waals surface area contributed by atoms with Crippen molar-refractivity contribution in [3.05, 3.63) is 0 Å². The molecule has 0 aromatic carbocycles. The van der Waals surface area contributed by atoms with Crippen LogP contribution < -0.4 is 0 Å². The molecule has 6 saturated carbocycles. The molecule has 6 rings (SSSR count). The zero-order chi connectivity index (χ0) is 17.3. The van der Waals surface area contributed by atoms with Gasteiger partial charge < -0.3 is 10.2 Å². The second kappa shape index (κ2) is 3.92. The van der Waals surface area contributed by atoms with Gasteiger partial charge in [0, 0.05) is 11.8 Å². The molecule has 6 aliphatic carbocycles. The number of carboxylic acids is 1. The highest BCUT2D eigenvalue weighted by Gasteiger charge is 2.83. The van der Waals surface area contributed by atoms with Crippen molar-refractivity contribution in [2.24, 2.45) is 45.3 Å². The van der Waals surface area contributed by atoms with Crippen molar-refractivity contribution < 1.29 is 19.8 Å². The lowest BCUT2D eigenvalue weighted by molar-refractivity contribution is -0.195. The minimum atomic E-state index is -0.846. The third kappa shape index (κ3) is 1.36. The van der Waals surface area contributed by atoms with Gasteiger partial charge in [-0.05, 0) is 66.6 Å². The molecule has 6 aliphatic rings. The lowest BCUT2D eigenvalue weighted by Gasteiger charge is -2.65. The fourth-order valence-corrected chi connectivity index (χ4v) is 8.70. The van der Waals surface area contributed by atoms with Gasteiger partial charge in [0.25, 0.3) is 0 Å². The van der Waals surface area contributed by atoms with E-state index in [1.807, 2.05) is 0 Å². The number of aliphatic hydroxyl groups excluding tert-OH is 1. The van der Waals surface area contributed by atoms with E-state index < -0.39 is 17.5 Å². The van der Waals surface area contributed by atoms with Crippen LogP contribution in [-0.2, 0) is 9.59 Å². The van der Waals surface area contributed by atoms with Gasteiger partial charge in [-0.3, -0.25) is 9.59 Å². The van der Waals surface area contributed by atoms with Gasteiger partial charge in [-0.2, -0.15) is 0 Å². The van der Waals surface area contributed by atoms with E-state index in [9.17, 15) is 19.8 Å². The second-order valence-corrected chi connectivity index (χ2v) is 10.6. The van der Waals surface area contributed by atoms with E-state index >= 15 is 0 Å². The molecule has 0 aromatic heterocycles. The Morgan fingerprint density at radius 1 is 1.17 bits per heavy atom. The first-order valence-corrected chi connectivity index (χ1v) is 9.54. The molecule has 4 heteroatoms. The molecule has 0 saturated heterocycles. The largest absolute Gasteiger partial charge is 0.481 e. The maximum Gasteiger partial charge on any atom is 0.310 e. The summed E-state index contributed by atoms with van der Waals surface area (Å²) in [5, 5.41) is 20.3. The molecular weight excluding hydrogens is 304 g/mol. The van der Waals surface area contributed by atoms with Crippen LogP contribution in [0.5, 0.6) is 0 Å². The number of aliphatic hydroxyl groups is 1. The topological polar surface area (TPSA) is 74.6 Å². The first-order chi connectivity index (χ1) is 11.1. The highest BCUT2D eigenvalue weighted by atomic mass is 16.4. The first kappa shape index (κ1) is 15.4. The summed E-state index contributed by atoms with van der Waals surface area (Å²) in [5.41, 5.74) is -0.731. The summed E-state index contributed by atoms with van der Waals surface area (Å²) < 4.78 is 0. The number of carbonyl (C=O) groups excluding carboxylic acids is 1. The minimum Gasteiger partial charge on any atom is -0.481 e. The Balaban J connectivity index is 1.56. The fourth-order valence-electron chi connectivity index (χ4n) is 8.70. The normalized spacial score (nSPS) is 59.5. The van der Waals surface area contributed by atoms with Crippen LogP contribution in [0.25, 0.3) is 0 Å². The Bertz CT molecular complexity index is 669. The number of aliphatic carboxylic acids is 1. The zero-order valence-electron chi connectivity index (χ0n) is 14.8. The lowest BCUT2D eigenvalue weighted by Crippen LogP contribution is -2.63. The average molecular weight is 332 g/mol. The van der Waals surface area contributed by atoms with Crippen molar-refractivity contribution in [1.29, 1.82) is 0 Å². The molecule has 0 amide bonds. The maximum atomic E-state index is 12.6. The predicted molar refractivity (Wildman–Crippen MR) is 87.1 cm³/mol. The molecule has 0 heterocycles.